The number of aliphatic hydroxyl groups excluding tert-OH is 1. The van der Waals surface area contributed by atoms with Gasteiger partial charge in [0.05, 0.1) is 26.4 Å². The zero-order chi connectivity index (χ0) is 52.3. The molecule has 5 N–H and O–H groups in total. The Hall–Kier alpha value is -4.29. The lowest BCUT2D eigenvalue weighted by molar-refractivity contribution is -0.143. The number of hydrogen-bond donors (Lipinski definition) is 5. The van der Waals surface area contributed by atoms with E-state index in [1.54, 1.807) is 0 Å². The minimum atomic E-state index is -1.33. The van der Waals surface area contributed by atoms with Crippen molar-refractivity contribution in [1.82, 2.24) is 21.3 Å². The highest BCUT2D eigenvalue weighted by atomic mass is 16.6. The first-order valence-electron chi connectivity index (χ1n) is 27.5. The van der Waals surface area contributed by atoms with Crippen molar-refractivity contribution in [2.75, 3.05) is 39.5 Å². The van der Waals surface area contributed by atoms with Crippen LogP contribution >= 0.6 is 0 Å². The maximum absolute atomic E-state index is 13.7. The van der Waals surface area contributed by atoms with Crippen molar-refractivity contribution < 1.29 is 67.2 Å². The van der Waals surface area contributed by atoms with Crippen LogP contribution in [0.1, 0.15) is 182 Å². The second-order valence-corrected chi connectivity index (χ2v) is 22.1. The lowest BCUT2D eigenvalue weighted by atomic mass is 9.73. The number of nitrogens with one attached hydrogen (secondary N) is 4. The molecule has 0 bridgehead atoms. The Morgan fingerprint density at radius 3 is 1.44 bits per heavy atom. The van der Waals surface area contributed by atoms with Crippen molar-refractivity contribution in [2.45, 2.75) is 211 Å². The smallest absolute Gasteiger partial charge is 0.408 e. The fourth-order valence-corrected chi connectivity index (χ4v) is 11.3. The van der Waals surface area contributed by atoms with Gasteiger partial charge in [0, 0.05) is 88.1 Å². The summed E-state index contributed by atoms with van der Waals surface area (Å²) < 4.78 is 21.8. The molecule has 72 heavy (non-hydrogen) atoms. The van der Waals surface area contributed by atoms with Crippen LogP contribution < -0.4 is 21.3 Å². The molecule has 18 heteroatoms. The molecule has 6 fully saturated rings. The molecule has 6 rings (SSSR count). The van der Waals surface area contributed by atoms with E-state index in [2.05, 4.69) is 21.3 Å². The van der Waals surface area contributed by atoms with Crippen molar-refractivity contribution in [3.8, 4) is 0 Å². The number of carbonyl (C=O) groups is 9. The van der Waals surface area contributed by atoms with Gasteiger partial charge >= 0.3 is 12.2 Å². The lowest BCUT2D eigenvalue weighted by Gasteiger charge is -2.38. The number of aliphatic hydroxyl groups is 1. The van der Waals surface area contributed by atoms with E-state index in [-0.39, 0.29) is 73.1 Å². The summed E-state index contributed by atoms with van der Waals surface area (Å²) in [5, 5.41) is 22.4. The summed E-state index contributed by atoms with van der Waals surface area (Å²) in [6.07, 6.45) is 11.1. The molecular weight excluding hydrogens is 929 g/mol. The van der Waals surface area contributed by atoms with Crippen LogP contribution in [0.2, 0.25) is 0 Å². The molecule has 5 atom stereocenters. The van der Waals surface area contributed by atoms with Crippen LogP contribution in [0.4, 0.5) is 9.59 Å². The number of amides is 4. The van der Waals surface area contributed by atoms with E-state index in [0.717, 1.165) is 64.2 Å². The Labute approximate surface area is 426 Å². The van der Waals surface area contributed by atoms with Gasteiger partial charge in [0.15, 0.2) is 23.1 Å². The molecule has 0 aromatic carbocycles. The zero-order valence-electron chi connectivity index (χ0n) is 43.7. The maximum atomic E-state index is 13.7. The summed E-state index contributed by atoms with van der Waals surface area (Å²) in [7, 11) is 0. The summed E-state index contributed by atoms with van der Waals surface area (Å²) in [6, 6.07) is 0. The largest absolute Gasteiger partial charge is 0.446 e. The molecule has 2 saturated carbocycles. The highest BCUT2D eigenvalue weighted by molar-refractivity contribution is 6.38. The van der Waals surface area contributed by atoms with Crippen molar-refractivity contribution in [2.24, 2.45) is 35.5 Å². The molecular formula is C54H86N4O14. The minimum absolute atomic E-state index is 0.0149. The monoisotopic (exact) mass is 1010 g/mol. The zero-order valence-corrected chi connectivity index (χ0v) is 43.7. The van der Waals surface area contributed by atoms with Crippen LogP contribution in [0.5, 0.6) is 0 Å². The standard InChI is InChI=1S/C27H44N2O7.C27H42N2O7/c2*1-18(2)21(24(32)22(30)16-19-8-4-7-13-28-25(19)33)17-23(31)27(11-5-3-6-12-27)29-26(34)36-20-9-14-35-15-10-20/h18-21,24,32H,3-17H2,1-2H3,(H,28,33)(H,29,34);18-21H,3-17H2,1-2H3,(H,28,33)(H,29,34)/t19-,21+,24?;19-,21+/m11/s1. The average Bonchev–Trinajstić information content (AvgIpc) is 3.70. The van der Waals surface area contributed by atoms with Gasteiger partial charge < -0.3 is 45.3 Å². The number of ether oxygens (including phenoxy) is 4. The summed E-state index contributed by atoms with van der Waals surface area (Å²) >= 11 is 0. The first-order chi connectivity index (χ1) is 34.4. The van der Waals surface area contributed by atoms with Crippen LogP contribution in [-0.4, -0.2) is 127 Å². The first-order valence-corrected chi connectivity index (χ1v) is 27.5. The van der Waals surface area contributed by atoms with E-state index in [1.165, 1.54) is 0 Å². The molecule has 4 aliphatic heterocycles. The normalized spacial score (nSPS) is 24.3. The lowest BCUT2D eigenvalue weighted by Crippen LogP contribution is -2.57. The summed E-state index contributed by atoms with van der Waals surface area (Å²) in [6.45, 7) is 10.8. The van der Waals surface area contributed by atoms with E-state index in [4.69, 9.17) is 18.9 Å². The molecule has 0 radical (unpaired) electrons. The van der Waals surface area contributed by atoms with Gasteiger partial charge in [0.1, 0.15) is 29.4 Å². The molecule has 18 nitrogen and oxygen atoms in total. The number of Topliss-reactive ketones (excluding diaryl/α,β-unsaturated/α-hetero) is 5. The van der Waals surface area contributed by atoms with E-state index in [0.29, 0.717) is 104 Å². The third kappa shape index (κ3) is 17.4. The fraction of sp³-hybridized carbons (Fsp3) is 0.833. The van der Waals surface area contributed by atoms with Crippen molar-refractivity contribution in [3.05, 3.63) is 0 Å². The van der Waals surface area contributed by atoms with Gasteiger partial charge in [-0.2, -0.15) is 0 Å². The van der Waals surface area contributed by atoms with Crippen LogP contribution in [0.15, 0.2) is 0 Å². The predicted octanol–water partition coefficient (Wildman–Crippen LogP) is 6.33. The quantitative estimate of drug-likeness (QED) is 0.0835. The van der Waals surface area contributed by atoms with E-state index >= 15 is 0 Å². The van der Waals surface area contributed by atoms with Gasteiger partial charge in [0.2, 0.25) is 17.6 Å². The van der Waals surface area contributed by atoms with Crippen LogP contribution in [0.25, 0.3) is 0 Å². The molecule has 4 amide bonds. The molecule has 0 aromatic heterocycles. The van der Waals surface area contributed by atoms with Crippen molar-refractivity contribution in [1.29, 1.82) is 0 Å². The van der Waals surface area contributed by atoms with E-state index in [1.807, 2.05) is 27.7 Å². The molecule has 4 heterocycles. The van der Waals surface area contributed by atoms with Gasteiger partial charge in [-0.3, -0.25) is 33.6 Å². The summed E-state index contributed by atoms with van der Waals surface area (Å²) in [5.41, 5.74) is -2.13. The van der Waals surface area contributed by atoms with E-state index < -0.39 is 70.4 Å². The number of alkyl carbamates (subject to hydrolysis) is 2. The number of rotatable bonds is 20. The summed E-state index contributed by atoms with van der Waals surface area (Å²) in [5.74, 6) is -4.97. The van der Waals surface area contributed by atoms with Gasteiger partial charge in [-0.15, -0.1) is 0 Å². The Kier molecular flexibility index (Phi) is 23.6. The molecule has 6 aliphatic rings. The minimum Gasteiger partial charge on any atom is -0.446 e. The molecule has 0 spiro atoms. The predicted molar refractivity (Wildman–Crippen MR) is 265 cm³/mol. The van der Waals surface area contributed by atoms with Gasteiger partial charge in [-0.05, 0) is 63.2 Å². The Morgan fingerprint density at radius 2 is 1.01 bits per heavy atom. The number of carbonyl (C=O) groups excluding carboxylic acids is 9. The second kappa shape index (κ2) is 29.0. The highest BCUT2D eigenvalue weighted by Gasteiger charge is 2.46. The molecule has 406 valence electrons. The number of hydrogen-bond acceptors (Lipinski definition) is 14. The Bertz CT molecular complexity index is 1850. The highest BCUT2D eigenvalue weighted by Crippen LogP contribution is 2.36. The average molecular weight is 1020 g/mol. The molecule has 1 unspecified atom stereocenters. The van der Waals surface area contributed by atoms with Crippen LogP contribution in [0, 0.1) is 35.5 Å². The third-order valence-corrected chi connectivity index (χ3v) is 16.1. The number of ketones is 5. The first kappa shape index (κ1) is 58.6. The SMILES string of the molecule is CC(C)[C@H](CC(=O)C1(NC(=O)OC2CCOCC2)CCCCC1)C(=O)C(=O)C[C@H]1CCCCNC1=O.CC(C)[C@H](CC(=O)C1(NC(=O)OC2CCOCC2)CCCCC1)C(O)C(=O)C[C@H]1CCCCNC1=O. The fourth-order valence-electron chi connectivity index (χ4n) is 11.3. The Balaban J connectivity index is 0.000000267. The van der Waals surface area contributed by atoms with Gasteiger partial charge in [-0.1, -0.05) is 79.1 Å². The Morgan fingerprint density at radius 1 is 0.583 bits per heavy atom. The van der Waals surface area contributed by atoms with Crippen LogP contribution in [-0.2, 0) is 52.5 Å². The summed E-state index contributed by atoms with van der Waals surface area (Å²) in [4.78, 5) is 117. The molecule has 4 saturated heterocycles. The van der Waals surface area contributed by atoms with Crippen molar-refractivity contribution >= 4 is 52.9 Å². The van der Waals surface area contributed by atoms with Gasteiger partial charge in [0.25, 0.3) is 0 Å². The molecule has 0 aromatic rings. The molecule has 2 aliphatic carbocycles. The van der Waals surface area contributed by atoms with Crippen molar-refractivity contribution in [3.63, 3.8) is 0 Å². The maximum Gasteiger partial charge on any atom is 0.408 e. The third-order valence-electron chi connectivity index (χ3n) is 16.1. The topological polar surface area (TPSA) is 259 Å². The van der Waals surface area contributed by atoms with Crippen LogP contribution in [0.3, 0.4) is 0 Å². The van der Waals surface area contributed by atoms with E-state index in [9.17, 15) is 48.3 Å². The second-order valence-electron chi connectivity index (χ2n) is 22.1. The van der Waals surface area contributed by atoms with Gasteiger partial charge in [-0.25, -0.2) is 9.59 Å².